The van der Waals surface area contributed by atoms with Crippen LogP contribution >= 0.6 is 11.3 Å². The van der Waals surface area contributed by atoms with Crippen LogP contribution in [0.2, 0.25) is 0 Å². The smallest absolute Gasteiger partial charge is 0.341 e. The van der Waals surface area contributed by atoms with Gasteiger partial charge in [0.2, 0.25) is 5.91 Å². The largest absolute Gasteiger partial charge is 0.462 e. The molecule has 0 radical (unpaired) electrons. The van der Waals surface area contributed by atoms with Crippen LogP contribution in [0, 0.1) is 6.92 Å². The van der Waals surface area contributed by atoms with Crippen molar-refractivity contribution in [3.63, 3.8) is 0 Å². The van der Waals surface area contributed by atoms with Crippen LogP contribution in [0.5, 0.6) is 0 Å². The van der Waals surface area contributed by atoms with Crippen LogP contribution < -0.4 is 5.32 Å². The van der Waals surface area contributed by atoms with Crippen LogP contribution in [-0.4, -0.2) is 18.0 Å². The van der Waals surface area contributed by atoms with E-state index < -0.39 is 0 Å². The molecule has 0 saturated heterocycles. The Kier molecular flexibility index (Phi) is 6.16. The molecular weight excluding hydrogens is 362 g/mol. The van der Waals surface area contributed by atoms with Crippen molar-refractivity contribution in [2.24, 2.45) is 0 Å². The lowest BCUT2D eigenvalue weighted by Crippen LogP contribution is -2.18. The van der Waals surface area contributed by atoms with Gasteiger partial charge in [-0.05, 0) is 69.7 Å². The van der Waals surface area contributed by atoms with E-state index in [4.69, 9.17) is 9.15 Å². The predicted molar refractivity (Wildman–Crippen MR) is 107 cm³/mol. The molecule has 1 atom stereocenters. The summed E-state index contributed by atoms with van der Waals surface area (Å²) in [4.78, 5) is 26.3. The minimum Gasteiger partial charge on any atom is -0.462 e. The van der Waals surface area contributed by atoms with Gasteiger partial charge in [-0.3, -0.25) is 4.79 Å². The number of fused-ring (bicyclic) bond motifs is 1. The summed E-state index contributed by atoms with van der Waals surface area (Å²) in [6.45, 7) is 5.71. The van der Waals surface area contributed by atoms with Gasteiger partial charge in [0.1, 0.15) is 16.5 Å². The van der Waals surface area contributed by atoms with Crippen molar-refractivity contribution in [2.75, 3.05) is 5.32 Å². The Balaban J connectivity index is 1.81. The lowest BCUT2D eigenvalue weighted by Gasteiger charge is -2.15. The predicted octanol–water partition coefficient (Wildman–Crippen LogP) is 5.14. The number of amides is 1. The molecule has 2 heterocycles. The van der Waals surface area contributed by atoms with Crippen LogP contribution in [0.25, 0.3) is 6.08 Å². The maximum atomic E-state index is 12.7. The molecule has 1 amide bonds. The van der Waals surface area contributed by atoms with Crippen LogP contribution in [0.4, 0.5) is 5.00 Å². The molecule has 0 aliphatic heterocycles. The maximum absolute atomic E-state index is 12.7. The second-order valence-corrected chi connectivity index (χ2v) is 7.92. The van der Waals surface area contributed by atoms with Gasteiger partial charge >= 0.3 is 5.97 Å². The van der Waals surface area contributed by atoms with E-state index in [9.17, 15) is 9.59 Å². The number of carbonyl (C=O) groups is 2. The number of hydrogen-bond acceptors (Lipinski definition) is 5. The maximum Gasteiger partial charge on any atom is 0.341 e. The number of carbonyl (C=O) groups excluding carboxylic acids is 2. The van der Waals surface area contributed by atoms with Crippen molar-refractivity contribution < 1.29 is 18.7 Å². The molecule has 2 aromatic heterocycles. The fourth-order valence-corrected chi connectivity index (χ4v) is 4.33. The topological polar surface area (TPSA) is 68.5 Å². The van der Waals surface area contributed by atoms with Gasteiger partial charge in [0.15, 0.2) is 0 Å². The Hall–Kier alpha value is -2.34. The van der Waals surface area contributed by atoms with Gasteiger partial charge < -0.3 is 14.5 Å². The molecule has 0 saturated carbocycles. The minimum absolute atomic E-state index is 0.151. The Morgan fingerprint density at radius 1 is 1.33 bits per heavy atom. The van der Waals surface area contributed by atoms with Gasteiger partial charge in [0.25, 0.3) is 0 Å². The van der Waals surface area contributed by atoms with Gasteiger partial charge in [-0.15, -0.1) is 11.3 Å². The van der Waals surface area contributed by atoms with Gasteiger partial charge in [0.05, 0.1) is 11.7 Å². The summed E-state index contributed by atoms with van der Waals surface area (Å²) in [5, 5.41) is 3.45. The summed E-state index contributed by atoms with van der Waals surface area (Å²) in [6, 6.07) is 3.64. The van der Waals surface area contributed by atoms with Crippen LogP contribution in [0.1, 0.15) is 65.4 Å². The van der Waals surface area contributed by atoms with E-state index in [1.807, 2.05) is 26.8 Å². The molecule has 27 heavy (non-hydrogen) atoms. The molecule has 0 fully saturated rings. The molecule has 1 unspecified atom stereocenters. The Labute approximate surface area is 163 Å². The fraction of sp³-hybridized carbons (Fsp3) is 0.429. The highest BCUT2D eigenvalue weighted by Gasteiger charge is 2.27. The number of esters is 1. The first kappa shape index (κ1) is 19.4. The monoisotopic (exact) mass is 387 g/mol. The Morgan fingerprint density at radius 2 is 2.11 bits per heavy atom. The van der Waals surface area contributed by atoms with E-state index >= 15 is 0 Å². The van der Waals surface area contributed by atoms with E-state index in [1.165, 1.54) is 22.3 Å². The average Bonchev–Trinajstić information content (AvgIpc) is 3.22. The molecular formula is C21H25NO4S. The third kappa shape index (κ3) is 4.69. The lowest BCUT2D eigenvalue weighted by molar-refractivity contribution is -0.111. The second-order valence-electron chi connectivity index (χ2n) is 6.81. The third-order valence-corrected chi connectivity index (χ3v) is 5.86. The number of nitrogens with one attached hydrogen (secondary N) is 1. The number of ether oxygens (including phenoxy) is 1. The minimum atomic E-state index is -0.343. The first-order chi connectivity index (χ1) is 13.0. The van der Waals surface area contributed by atoms with E-state index in [2.05, 4.69) is 5.32 Å². The first-order valence-corrected chi connectivity index (χ1v) is 10.2. The standard InChI is InChI=1S/C21H25NO4S/c1-4-13(2)26-21(24)19-16-7-5-6-8-17(16)27-20(19)22-18(23)12-11-15-10-9-14(3)25-15/h9-13H,4-8H2,1-3H3,(H,22,23). The molecule has 1 aliphatic carbocycles. The number of aryl methyl sites for hydroxylation is 2. The summed E-state index contributed by atoms with van der Waals surface area (Å²) >= 11 is 1.49. The van der Waals surface area contributed by atoms with Crippen molar-refractivity contribution in [1.29, 1.82) is 0 Å². The zero-order valence-electron chi connectivity index (χ0n) is 16.0. The number of rotatable bonds is 6. The van der Waals surface area contributed by atoms with Gasteiger partial charge in [0, 0.05) is 11.0 Å². The molecule has 0 spiro atoms. The van der Waals surface area contributed by atoms with Gasteiger partial charge in [-0.2, -0.15) is 0 Å². The number of hydrogen-bond donors (Lipinski definition) is 1. The lowest BCUT2D eigenvalue weighted by atomic mass is 9.95. The van der Waals surface area contributed by atoms with Crippen molar-refractivity contribution in [3.8, 4) is 0 Å². The molecule has 1 aliphatic rings. The molecule has 0 bridgehead atoms. The highest BCUT2D eigenvalue weighted by Crippen LogP contribution is 2.38. The van der Waals surface area contributed by atoms with Gasteiger partial charge in [-0.25, -0.2) is 4.79 Å². The SMILES string of the molecule is CCC(C)OC(=O)c1c(NC(=O)C=Cc2ccc(C)o2)sc2c1CCCC2. The van der Waals surface area contributed by atoms with E-state index in [-0.39, 0.29) is 18.0 Å². The molecule has 0 aromatic carbocycles. The quantitative estimate of drug-likeness (QED) is 0.551. The summed E-state index contributed by atoms with van der Waals surface area (Å²) in [5.74, 6) is 0.769. The van der Waals surface area contributed by atoms with Crippen molar-refractivity contribution in [3.05, 3.63) is 45.7 Å². The number of furan rings is 1. The molecule has 2 aromatic rings. The number of thiophene rings is 1. The Bertz CT molecular complexity index is 862. The zero-order chi connectivity index (χ0) is 19.4. The van der Waals surface area contributed by atoms with Crippen molar-refractivity contribution in [1.82, 2.24) is 0 Å². The average molecular weight is 388 g/mol. The highest BCUT2D eigenvalue weighted by atomic mass is 32.1. The van der Waals surface area contributed by atoms with Gasteiger partial charge in [-0.1, -0.05) is 6.92 Å². The number of anilines is 1. The van der Waals surface area contributed by atoms with Crippen molar-refractivity contribution in [2.45, 2.75) is 59.0 Å². The Morgan fingerprint density at radius 3 is 2.81 bits per heavy atom. The van der Waals surface area contributed by atoms with Crippen LogP contribution in [0.15, 0.2) is 22.6 Å². The van der Waals surface area contributed by atoms with Crippen LogP contribution in [0.3, 0.4) is 0 Å². The highest BCUT2D eigenvalue weighted by molar-refractivity contribution is 7.17. The summed E-state index contributed by atoms with van der Waals surface area (Å²) in [6.07, 6.45) is 7.60. The molecule has 5 nitrogen and oxygen atoms in total. The summed E-state index contributed by atoms with van der Waals surface area (Å²) in [5.41, 5.74) is 1.58. The van der Waals surface area contributed by atoms with E-state index in [0.29, 0.717) is 16.3 Å². The normalized spacial score (nSPS) is 14.8. The summed E-state index contributed by atoms with van der Waals surface area (Å²) in [7, 11) is 0. The first-order valence-electron chi connectivity index (χ1n) is 9.39. The summed E-state index contributed by atoms with van der Waals surface area (Å²) < 4.78 is 11.0. The van der Waals surface area contributed by atoms with Crippen molar-refractivity contribution >= 4 is 34.3 Å². The third-order valence-electron chi connectivity index (χ3n) is 4.66. The fourth-order valence-electron chi connectivity index (χ4n) is 3.05. The second kappa shape index (κ2) is 8.57. The zero-order valence-corrected chi connectivity index (χ0v) is 16.8. The molecule has 6 heteroatoms. The molecule has 144 valence electrons. The van der Waals surface area contributed by atoms with E-state index in [1.54, 1.807) is 12.1 Å². The molecule has 3 rings (SSSR count). The van der Waals surface area contributed by atoms with Crippen LogP contribution in [-0.2, 0) is 22.4 Å². The molecule has 1 N–H and O–H groups in total. The van der Waals surface area contributed by atoms with E-state index in [0.717, 1.165) is 43.4 Å².